The molecular weight excluding hydrogens is 176 g/mol. The highest BCUT2D eigenvalue weighted by Gasteiger charge is 2.40. The highest BCUT2D eigenvalue weighted by atomic mass is 16.5. The van der Waals surface area contributed by atoms with Crippen molar-refractivity contribution in [2.45, 2.75) is 25.5 Å². The first-order valence-electron chi connectivity index (χ1n) is 5.89. The summed E-state index contributed by atoms with van der Waals surface area (Å²) in [5, 5.41) is 3.48. The van der Waals surface area contributed by atoms with Crippen molar-refractivity contribution in [2.24, 2.45) is 11.8 Å². The van der Waals surface area contributed by atoms with Gasteiger partial charge in [0.2, 0.25) is 0 Å². The molecule has 0 saturated carbocycles. The standard InChI is InChI=1S/C11H20N2O/c1-8-3-12-4-9(8)5-13-6-11-2-10(13)7-14-11/h8-12H,2-7H2,1H3/t8-,9+,10?,11?/m1/s1. The first-order chi connectivity index (χ1) is 6.83. The maximum absolute atomic E-state index is 5.62. The molecule has 0 aliphatic carbocycles. The summed E-state index contributed by atoms with van der Waals surface area (Å²) in [6.45, 7) is 8.26. The van der Waals surface area contributed by atoms with E-state index in [0.29, 0.717) is 6.10 Å². The van der Waals surface area contributed by atoms with Gasteiger partial charge in [-0.1, -0.05) is 6.92 Å². The van der Waals surface area contributed by atoms with E-state index in [0.717, 1.165) is 24.5 Å². The molecule has 0 aromatic heterocycles. The number of hydrogen-bond donors (Lipinski definition) is 1. The van der Waals surface area contributed by atoms with Crippen LogP contribution in [0.15, 0.2) is 0 Å². The highest BCUT2D eigenvalue weighted by molar-refractivity contribution is 4.93. The molecule has 3 saturated heterocycles. The van der Waals surface area contributed by atoms with Crippen LogP contribution < -0.4 is 5.32 Å². The molecule has 3 nitrogen and oxygen atoms in total. The number of hydrogen-bond acceptors (Lipinski definition) is 3. The summed E-state index contributed by atoms with van der Waals surface area (Å²) in [4.78, 5) is 2.66. The fourth-order valence-corrected chi connectivity index (χ4v) is 3.11. The SMILES string of the molecule is C[C@@H]1CNC[C@H]1CN1CC2CC1CO2. The number of fused-ring (bicyclic) bond motifs is 2. The summed E-state index contributed by atoms with van der Waals surface area (Å²) in [7, 11) is 0. The molecule has 3 aliphatic heterocycles. The third-order valence-corrected chi connectivity index (χ3v) is 4.16. The monoisotopic (exact) mass is 196 g/mol. The van der Waals surface area contributed by atoms with Gasteiger partial charge >= 0.3 is 0 Å². The Hall–Kier alpha value is -0.120. The van der Waals surface area contributed by atoms with Crippen molar-refractivity contribution < 1.29 is 4.74 Å². The largest absolute Gasteiger partial charge is 0.375 e. The fourth-order valence-electron chi connectivity index (χ4n) is 3.11. The number of nitrogens with zero attached hydrogens (tertiary/aromatic N) is 1. The summed E-state index contributed by atoms with van der Waals surface area (Å²) >= 11 is 0. The Morgan fingerprint density at radius 1 is 1.43 bits per heavy atom. The van der Waals surface area contributed by atoms with Crippen molar-refractivity contribution in [3.63, 3.8) is 0 Å². The Bertz CT molecular complexity index is 221. The third-order valence-electron chi connectivity index (χ3n) is 4.16. The maximum atomic E-state index is 5.62. The molecule has 1 N–H and O–H groups in total. The Morgan fingerprint density at radius 3 is 2.93 bits per heavy atom. The molecule has 14 heavy (non-hydrogen) atoms. The average Bonchev–Trinajstić information content (AvgIpc) is 2.83. The molecule has 3 heteroatoms. The van der Waals surface area contributed by atoms with E-state index in [1.165, 1.54) is 32.6 Å². The van der Waals surface area contributed by atoms with Crippen molar-refractivity contribution in [3.8, 4) is 0 Å². The van der Waals surface area contributed by atoms with E-state index < -0.39 is 0 Å². The van der Waals surface area contributed by atoms with Crippen LogP contribution >= 0.6 is 0 Å². The van der Waals surface area contributed by atoms with Crippen LogP contribution in [0.25, 0.3) is 0 Å². The molecule has 0 aromatic rings. The van der Waals surface area contributed by atoms with E-state index in [9.17, 15) is 0 Å². The number of rotatable bonds is 2. The third kappa shape index (κ3) is 1.47. The lowest BCUT2D eigenvalue weighted by molar-refractivity contribution is 0.0232. The van der Waals surface area contributed by atoms with E-state index >= 15 is 0 Å². The second kappa shape index (κ2) is 3.47. The number of likely N-dealkylation sites (tertiary alicyclic amines) is 1. The predicted molar refractivity (Wildman–Crippen MR) is 55.2 cm³/mol. The van der Waals surface area contributed by atoms with Gasteiger partial charge in [-0.2, -0.15) is 0 Å². The fraction of sp³-hybridized carbons (Fsp3) is 1.00. The molecule has 3 heterocycles. The maximum Gasteiger partial charge on any atom is 0.0718 e. The normalized spacial score (nSPS) is 47.8. The van der Waals surface area contributed by atoms with Gasteiger partial charge in [-0.25, -0.2) is 0 Å². The smallest absolute Gasteiger partial charge is 0.0718 e. The van der Waals surface area contributed by atoms with Gasteiger partial charge in [0.1, 0.15) is 0 Å². The summed E-state index contributed by atoms with van der Waals surface area (Å²) in [5.74, 6) is 1.73. The molecular formula is C11H20N2O. The lowest BCUT2D eigenvalue weighted by atomic mass is 9.97. The molecule has 80 valence electrons. The van der Waals surface area contributed by atoms with E-state index in [1.807, 2.05) is 0 Å². The van der Waals surface area contributed by atoms with Gasteiger partial charge in [0.15, 0.2) is 0 Å². The van der Waals surface area contributed by atoms with Crippen LogP contribution in [0.3, 0.4) is 0 Å². The summed E-state index contributed by atoms with van der Waals surface area (Å²) < 4.78 is 5.62. The van der Waals surface area contributed by atoms with Crippen molar-refractivity contribution in [1.82, 2.24) is 10.2 Å². The van der Waals surface area contributed by atoms with E-state index in [4.69, 9.17) is 4.74 Å². The van der Waals surface area contributed by atoms with Crippen molar-refractivity contribution in [3.05, 3.63) is 0 Å². The van der Waals surface area contributed by atoms with Crippen LogP contribution in [-0.4, -0.2) is 49.8 Å². The summed E-state index contributed by atoms with van der Waals surface area (Å²) in [6, 6.07) is 0.743. The average molecular weight is 196 g/mol. The second-order valence-corrected chi connectivity index (χ2v) is 5.19. The molecule has 3 rings (SSSR count). The Kier molecular flexibility index (Phi) is 2.26. The Labute approximate surface area is 85.8 Å². The number of morpholine rings is 1. The summed E-state index contributed by atoms with van der Waals surface area (Å²) in [6.07, 6.45) is 1.85. The molecule has 0 spiro atoms. The lowest BCUT2D eigenvalue weighted by Gasteiger charge is -2.30. The van der Waals surface area contributed by atoms with Crippen LogP contribution in [0.2, 0.25) is 0 Å². The predicted octanol–water partition coefficient (Wildman–Crippen LogP) is 0.315. The van der Waals surface area contributed by atoms with Crippen LogP contribution in [-0.2, 0) is 4.74 Å². The zero-order valence-corrected chi connectivity index (χ0v) is 8.91. The molecule has 2 bridgehead atoms. The zero-order valence-electron chi connectivity index (χ0n) is 8.91. The first kappa shape index (κ1) is 9.13. The van der Waals surface area contributed by atoms with E-state index in [2.05, 4.69) is 17.1 Å². The molecule has 3 aliphatic rings. The van der Waals surface area contributed by atoms with Gasteiger partial charge in [0.05, 0.1) is 12.7 Å². The quantitative estimate of drug-likeness (QED) is 0.688. The van der Waals surface area contributed by atoms with Gasteiger partial charge in [0.25, 0.3) is 0 Å². The van der Waals surface area contributed by atoms with Gasteiger partial charge in [-0.05, 0) is 31.3 Å². The van der Waals surface area contributed by atoms with Crippen LogP contribution in [0.5, 0.6) is 0 Å². The number of nitrogens with one attached hydrogen (secondary N) is 1. The van der Waals surface area contributed by atoms with Gasteiger partial charge < -0.3 is 10.1 Å². The molecule has 2 unspecified atom stereocenters. The molecule has 0 radical (unpaired) electrons. The van der Waals surface area contributed by atoms with Gasteiger partial charge in [-0.3, -0.25) is 4.90 Å². The minimum absolute atomic E-state index is 0.560. The topological polar surface area (TPSA) is 24.5 Å². The van der Waals surface area contributed by atoms with E-state index in [1.54, 1.807) is 0 Å². The van der Waals surface area contributed by atoms with Crippen molar-refractivity contribution in [2.75, 3.05) is 32.8 Å². The Morgan fingerprint density at radius 2 is 2.36 bits per heavy atom. The highest BCUT2D eigenvalue weighted by Crippen LogP contribution is 2.29. The van der Waals surface area contributed by atoms with Crippen molar-refractivity contribution in [1.29, 1.82) is 0 Å². The molecule has 3 fully saturated rings. The Balaban J connectivity index is 1.57. The van der Waals surface area contributed by atoms with E-state index in [-0.39, 0.29) is 0 Å². The minimum atomic E-state index is 0.560. The first-order valence-corrected chi connectivity index (χ1v) is 5.89. The van der Waals surface area contributed by atoms with Crippen LogP contribution in [0.1, 0.15) is 13.3 Å². The molecule has 0 amide bonds. The molecule has 0 aromatic carbocycles. The van der Waals surface area contributed by atoms with Crippen LogP contribution in [0, 0.1) is 11.8 Å². The van der Waals surface area contributed by atoms with Gasteiger partial charge in [-0.15, -0.1) is 0 Å². The van der Waals surface area contributed by atoms with Gasteiger partial charge in [0, 0.05) is 19.1 Å². The molecule has 4 atom stereocenters. The zero-order chi connectivity index (χ0) is 9.54. The lowest BCUT2D eigenvalue weighted by Crippen LogP contribution is -2.41. The minimum Gasteiger partial charge on any atom is -0.375 e. The number of ether oxygens (including phenoxy) is 1. The summed E-state index contributed by atoms with van der Waals surface area (Å²) in [5.41, 5.74) is 0. The second-order valence-electron chi connectivity index (χ2n) is 5.19. The van der Waals surface area contributed by atoms with Crippen LogP contribution in [0.4, 0.5) is 0 Å². The van der Waals surface area contributed by atoms with Crippen molar-refractivity contribution >= 4 is 0 Å².